The molecule has 4 aromatic heterocycles. The largest absolute Gasteiger partial charge is 0.386 e. The normalized spacial score (nSPS) is 36.6. The molecule has 21 nitrogen and oxygen atoms in total. The second-order valence-electron chi connectivity index (χ2n) is 10.9. The Hall–Kier alpha value is -2.63. The number of hydrogen-bond donors (Lipinski definition) is 7. The van der Waals surface area contributed by atoms with Crippen LogP contribution >= 0.6 is 25.8 Å². The van der Waals surface area contributed by atoms with Crippen LogP contribution in [0.4, 0.5) is 11.8 Å². The van der Waals surface area contributed by atoms with E-state index in [4.69, 9.17) is 56.6 Å². The van der Waals surface area contributed by atoms with Gasteiger partial charge in [0.15, 0.2) is 35.1 Å². The van der Waals surface area contributed by atoms with Crippen molar-refractivity contribution < 1.29 is 42.1 Å². The van der Waals surface area contributed by atoms with Gasteiger partial charge in [-0.1, -0.05) is 12.2 Å². The van der Waals surface area contributed by atoms with Gasteiger partial charge in [0.2, 0.25) is 5.95 Å². The van der Waals surface area contributed by atoms with E-state index in [1.807, 2.05) is 0 Å². The Kier molecular flexibility index (Phi) is 8.65. The maximum absolute atomic E-state index is 13.8. The van der Waals surface area contributed by atoms with Gasteiger partial charge in [0.05, 0.1) is 32.0 Å². The van der Waals surface area contributed by atoms with Crippen molar-refractivity contribution >= 4 is 71.7 Å². The van der Waals surface area contributed by atoms with Crippen molar-refractivity contribution in [1.29, 1.82) is 0 Å². The quantitative estimate of drug-likeness (QED) is 0.101. The molecule has 4 aromatic rings. The monoisotopic (exact) mass is 733 g/mol. The van der Waals surface area contributed by atoms with Crippen molar-refractivity contribution in [2.75, 3.05) is 31.2 Å². The maximum Gasteiger partial charge on any atom is 0.386 e. The summed E-state index contributed by atoms with van der Waals surface area (Å²) in [4.78, 5) is 46.6. The Bertz CT molecular complexity index is 1980. The van der Waals surface area contributed by atoms with Crippen LogP contribution in [0.5, 0.6) is 0 Å². The van der Waals surface area contributed by atoms with Crippen LogP contribution in [0.1, 0.15) is 18.9 Å². The Morgan fingerprint density at radius 2 is 1.70 bits per heavy atom. The van der Waals surface area contributed by atoms with Gasteiger partial charge >= 0.3 is 13.5 Å². The van der Waals surface area contributed by atoms with Crippen LogP contribution < -0.4 is 22.8 Å². The van der Waals surface area contributed by atoms with Crippen molar-refractivity contribution in [3.8, 4) is 0 Å². The average molecular weight is 734 g/mol. The van der Waals surface area contributed by atoms with E-state index in [0.717, 1.165) is 0 Å². The summed E-state index contributed by atoms with van der Waals surface area (Å²) in [6.07, 6.45) is -4.18. The molecule has 7 heterocycles. The minimum absolute atomic E-state index is 0.0343. The number of H-pyrrole nitrogens is 1. The van der Waals surface area contributed by atoms with E-state index in [9.17, 15) is 19.4 Å². The number of aromatic nitrogens is 8. The molecular weight excluding hydrogens is 704 g/mol. The first kappa shape index (κ1) is 32.9. The predicted molar refractivity (Wildman–Crippen MR) is 168 cm³/mol. The first-order valence-electron chi connectivity index (χ1n) is 14.0. The molecule has 254 valence electrons. The Labute approximate surface area is 274 Å². The zero-order valence-corrected chi connectivity index (χ0v) is 27.5. The van der Waals surface area contributed by atoms with Crippen molar-refractivity contribution in [3.05, 3.63) is 29.3 Å². The van der Waals surface area contributed by atoms with Gasteiger partial charge in [0, 0.05) is 5.92 Å². The fourth-order valence-corrected chi connectivity index (χ4v) is 8.88. The average Bonchev–Trinajstić information content (AvgIpc) is 3.76. The highest BCUT2D eigenvalue weighted by Gasteiger charge is 2.53. The topological polar surface area (TPSA) is 298 Å². The van der Waals surface area contributed by atoms with E-state index in [-0.39, 0.29) is 53.7 Å². The molecule has 3 saturated heterocycles. The molecule has 0 saturated carbocycles. The zero-order chi connectivity index (χ0) is 33.2. The van der Waals surface area contributed by atoms with Crippen molar-refractivity contribution in [2.45, 2.75) is 49.4 Å². The number of aliphatic hydroxyl groups excluding tert-OH is 1. The molecule has 47 heavy (non-hydrogen) atoms. The molecule has 0 radical (unpaired) electrons. The molecule has 9 N–H and O–H groups in total. The molecule has 10 atom stereocenters. The molecule has 2 bridgehead atoms. The summed E-state index contributed by atoms with van der Waals surface area (Å²) < 4.78 is 52.2. The molecule has 7 rings (SSSR count). The number of hydrogen-bond acceptors (Lipinski definition) is 18. The molecule has 0 aromatic carbocycles. The number of aliphatic hydroxyl groups is 1. The number of anilines is 2. The van der Waals surface area contributed by atoms with Crippen LogP contribution in [0.25, 0.3) is 22.3 Å². The summed E-state index contributed by atoms with van der Waals surface area (Å²) in [7, 11) is 0. The van der Waals surface area contributed by atoms with E-state index in [1.165, 1.54) is 28.1 Å². The van der Waals surface area contributed by atoms with Crippen LogP contribution in [-0.4, -0.2) is 99.3 Å². The van der Waals surface area contributed by atoms with Gasteiger partial charge in [-0.25, -0.2) is 24.5 Å². The number of nitrogens with two attached hydrogens (primary N) is 3. The van der Waals surface area contributed by atoms with Crippen molar-refractivity contribution in [2.24, 2.45) is 11.7 Å². The number of nitrogen functional groups attached to an aromatic ring is 2. The predicted octanol–water partition coefficient (Wildman–Crippen LogP) is -0.683. The molecule has 3 aliphatic rings. The Morgan fingerprint density at radius 3 is 2.47 bits per heavy atom. The number of imidazole rings is 2. The standard InChI is InChI=1S/C22H29N11O10P2S2/c23-2-1-8-9-3-38-45(37,47)43-15-10(41-20(13(15)34)32-6-28-11-16(24)26-5-27-17(11)32)4-39-44(36,46)42-14(8)21(40-9)33-7-29-12-18(33)30-22(25)31-19(12)35/h5-10,13-15,20-21,34H,1-4,23H2,(H,36,46)(H,37,47)(H2,24,26,27)(H3,25,30,31,35). The van der Waals surface area contributed by atoms with Gasteiger partial charge in [-0.3, -0.25) is 32.5 Å². The lowest BCUT2D eigenvalue weighted by Gasteiger charge is -2.27. The number of fused-ring (bicyclic) bond motifs is 5. The second kappa shape index (κ2) is 12.4. The van der Waals surface area contributed by atoms with Crippen LogP contribution in [0.15, 0.2) is 23.8 Å². The number of rotatable bonds is 4. The van der Waals surface area contributed by atoms with Gasteiger partial charge in [0.25, 0.3) is 5.56 Å². The van der Waals surface area contributed by atoms with E-state index in [2.05, 4.69) is 42.2 Å². The van der Waals surface area contributed by atoms with E-state index in [1.54, 1.807) is 0 Å². The fraction of sp³-hybridized carbons (Fsp3) is 0.545. The number of nitrogens with zero attached hydrogens (tertiary/aromatic N) is 7. The van der Waals surface area contributed by atoms with Gasteiger partial charge in [-0.2, -0.15) is 4.98 Å². The van der Waals surface area contributed by atoms with Gasteiger partial charge in [-0.15, -0.1) is 0 Å². The highest BCUT2D eigenvalue weighted by atomic mass is 32.7. The fourth-order valence-electron chi connectivity index (χ4n) is 5.94. The first-order chi connectivity index (χ1) is 22.4. The summed E-state index contributed by atoms with van der Waals surface area (Å²) in [5.41, 5.74) is 17.6. The van der Waals surface area contributed by atoms with Crippen molar-refractivity contribution in [3.63, 3.8) is 0 Å². The highest BCUT2D eigenvalue weighted by Crippen LogP contribution is 2.59. The van der Waals surface area contributed by atoms with Gasteiger partial charge in [-0.05, 0) is 24.8 Å². The van der Waals surface area contributed by atoms with E-state index < -0.39 is 74.6 Å². The van der Waals surface area contributed by atoms with Crippen LogP contribution in [0.3, 0.4) is 0 Å². The van der Waals surface area contributed by atoms with Gasteiger partial charge in [0.1, 0.15) is 36.3 Å². The first-order valence-corrected chi connectivity index (χ1v) is 19.3. The summed E-state index contributed by atoms with van der Waals surface area (Å²) in [5.74, 6) is -0.697. The van der Waals surface area contributed by atoms with E-state index in [0.29, 0.717) is 0 Å². The van der Waals surface area contributed by atoms with Crippen molar-refractivity contribution in [1.82, 2.24) is 39.0 Å². The SMILES string of the molecule is NCCC1C2COP(O)(=S)OC3C(COP(=O)(S)OC1C(n1cnc4c(=O)[nH]c(N)nc41)O2)OC(n1cnc2c(N)ncnc21)C3O. The summed E-state index contributed by atoms with van der Waals surface area (Å²) in [6.45, 7) is -9.10. The molecule has 3 aliphatic heterocycles. The molecule has 10 unspecified atom stereocenters. The summed E-state index contributed by atoms with van der Waals surface area (Å²) >= 11 is 9.56. The molecule has 0 amide bonds. The summed E-state index contributed by atoms with van der Waals surface area (Å²) in [6, 6.07) is 0. The second-order valence-corrected chi connectivity index (χ2v) is 16.6. The Balaban J connectivity index is 1.23. The zero-order valence-electron chi connectivity index (χ0n) is 24.0. The molecule has 0 spiro atoms. The van der Waals surface area contributed by atoms with E-state index >= 15 is 0 Å². The lowest BCUT2D eigenvalue weighted by atomic mass is 9.94. The molecule has 25 heteroatoms. The summed E-state index contributed by atoms with van der Waals surface area (Å²) in [5, 5.41) is 11.4. The third-order valence-electron chi connectivity index (χ3n) is 8.00. The number of aromatic amines is 1. The van der Waals surface area contributed by atoms with Crippen LogP contribution in [0, 0.1) is 5.92 Å². The molecule has 0 aliphatic carbocycles. The molecular formula is C22H29N11O10P2S2. The smallest absolute Gasteiger partial charge is 0.386 e. The number of nitrogens with one attached hydrogen (secondary N) is 1. The third kappa shape index (κ3) is 6.09. The van der Waals surface area contributed by atoms with Gasteiger partial charge < -0.3 is 41.2 Å². The highest BCUT2D eigenvalue weighted by molar-refractivity contribution is 8.44. The number of ether oxygens (including phenoxy) is 2. The van der Waals surface area contributed by atoms with Crippen LogP contribution in [0.2, 0.25) is 0 Å². The third-order valence-corrected chi connectivity index (χ3v) is 11.2. The minimum atomic E-state index is -4.27. The lowest BCUT2D eigenvalue weighted by molar-refractivity contribution is -0.0584. The Morgan fingerprint density at radius 1 is 1.00 bits per heavy atom. The number of thiol groups is 1. The molecule has 3 fully saturated rings. The van der Waals surface area contributed by atoms with Crippen LogP contribution in [-0.2, 0) is 43.9 Å². The lowest BCUT2D eigenvalue weighted by Crippen LogP contribution is -2.36. The minimum Gasteiger partial charge on any atom is -0.386 e. The maximum atomic E-state index is 13.8.